The van der Waals surface area contributed by atoms with Crippen LogP contribution in [0.15, 0.2) is 18.3 Å². The van der Waals surface area contributed by atoms with Crippen LogP contribution in [0.1, 0.15) is 11.3 Å². The number of H-pyrrole nitrogens is 1. The first-order chi connectivity index (χ1) is 4.95. The van der Waals surface area contributed by atoms with Gasteiger partial charge >= 0.3 is 0 Å². The van der Waals surface area contributed by atoms with Gasteiger partial charge in [-0.05, 0) is 12.1 Å². The SMILES string of the molecule is c1cnc2c3c([nH]c2c1)C3. The largest absolute Gasteiger partial charge is 0.357 e. The maximum atomic E-state index is 4.26. The number of aromatic nitrogens is 2. The molecule has 2 aromatic rings. The van der Waals surface area contributed by atoms with Gasteiger partial charge in [-0.15, -0.1) is 0 Å². The minimum atomic E-state index is 1.13. The maximum absolute atomic E-state index is 4.26. The summed E-state index contributed by atoms with van der Waals surface area (Å²) >= 11 is 0. The summed E-state index contributed by atoms with van der Waals surface area (Å²) in [5.74, 6) is 0. The minimum absolute atomic E-state index is 1.13. The molecule has 1 aliphatic rings. The third-order valence-corrected chi connectivity index (χ3v) is 1.97. The smallest absolute Gasteiger partial charge is 0.0917 e. The van der Waals surface area contributed by atoms with Gasteiger partial charge in [0.2, 0.25) is 0 Å². The second kappa shape index (κ2) is 1.24. The Morgan fingerprint density at radius 2 is 2.50 bits per heavy atom. The fourth-order valence-electron chi connectivity index (χ4n) is 1.39. The fraction of sp³-hybridized carbons (Fsp3) is 0.125. The number of nitrogens with one attached hydrogen (secondary N) is 1. The number of aromatic amines is 1. The number of nitrogens with zero attached hydrogens (tertiary/aromatic N) is 1. The zero-order valence-electron chi connectivity index (χ0n) is 5.39. The topological polar surface area (TPSA) is 28.7 Å². The summed E-state index contributed by atoms with van der Waals surface area (Å²) in [6.07, 6.45) is 2.97. The Labute approximate surface area is 57.9 Å². The molecule has 0 saturated carbocycles. The summed E-state index contributed by atoms with van der Waals surface area (Å²) in [4.78, 5) is 7.55. The molecule has 2 aromatic heterocycles. The van der Waals surface area contributed by atoms with Crippen molar-refractivity contribution in [3.8, 4) is 0 Å². The summed E-state index contributed by atoms with van der Waals surface area (Å²) in [6.45, 7) is 0. The predicted molar refractivity (Wildman–Crippen MR) is 38.9 cm³/mol. The Kier molecular flexibility index (Phi) is 0.556. The molecule has 10 heavy (non-hydrogen) atoms. The molecule has 2 nitrogen and oxygen atoms in total. The normalized spacial score (nSPS) is 13.6. The zero-order chi connectivity index (χ0) is 6.55. The molecule has 3 rings (SSSR count). The Balaban J connectivity index is 2.60. The molecule has 1 aliphatic carbocycles. The van der Waals surface area contributed by atoms with Crippen molar-refractivity contribution in [2.24, 2.45) is 0 Å². The highest BCUT2D eigenvalue weighted by atomic mass is 14.8. The van der Waals surface area contributed by atoms with E-state index in [9.17, 15) is 0 Å². The van der Waals surface area contributed by atoms with Gasteiger partial charge in [0.15, 0.2) is 0 Å². The molecule has 48 valence electrons. The average Bonchev–Trinajstić information content (AvgIpc) is 2.64. The summed E-state index contributed by atoms with van der Waals surface area (Å²) in [6, 6.07) is 4.02. The Hall–Kier alpha value is -1.31. The van der Waals surface area contributed by atoms with Gasteiger partial charge in [0, 0.05) is 23.9 Å². The number of fused-ring (bicyclic) bond motifs is 3. The Bertz CT molecular complexity index is 401. The quantitative estimate of drug-likeness (QED) is 0.490. The number of hydrogen-bond donors (Lipinski definition) is 1. The van der Waals surface area contributed by atoms with Crippen LogP contribution in [0.2, 0.25) is 0 Å². The highest BCUT2D eigenvalue weighted by Crippen LogP contribution is 2.33. The van der Waals surface area contributed by atoms with E-state index in [1.165, 1.54) is 16.8 Å². The number of pyridine rings is 1. The van der Waals surface area contributed by atoms with Gasteiger partial charge in [0.05, 0.1) is 11.0 Å². The second-order valence-corrected chi connectivity index (χ2v) is 2.66. The van der Waals surface area contributed by atoms with Crippen LogP contribution in [-0.2, 0) is 6.42 Å². The van der Waals surface area contributed by atoms with Gasteiger partial charge in [-0.25, -0.2) is 0 Å². The second-order valence-electron chi connectivity index (χ2n) is 2.66. The van der Waals surface area contributed by atoms with Crippen molar-refractivity contribution in [2.45, 2.75) is 6.42 Å². The van der Waals surface area contributed by atoms with Crippen molar-refractivity contribution in [3.05, 3.63) is 29.6 Å². The van der Waals surface area contributed by atoms with E-state index in [4.69, 9.17) is 0 Å². The molecule has 0 atom stereocenters. The van der Waals surface area contributed by atoms with Crippen molar-refractivity contribution in [2.75, 3.05) is 0 Å². The van der Waals surface area contributed by atoms with Crippen molar-refractivity contribution < 1.29 is 0 Å². The van der Waals surface area contributed by atoms with E-state index in [0.717, 1.165) is 11.9 Å². The van der Waals surface area contributed by atoms with Gasteiger partial charge in [0.1, 0.15) is 0 Å². The Morgan fingerprint density at radius 1 is 1.50 bits per heavy atom. The number of rotatable bonds is 0. The molecule has 0 amide bonds. The summed E-state index contributed by atoms with van der Waals surface area (Å²) in [5.41, 5.74) is 5.13. The van der Waals surface area contributed by atoms with E-state index in [0.29, 0.717) is 0 Å². The predicted octanol–water partition coefficient (Wildman–Crippen LogP) is 1.47. The van der Waals surface area contributed by atoms with Crippen LogP contribution < -0.4 is 0 Å². The molecule has 0 saturated heterocycles. The molecule has 1 N–H and O–H groups in total. The van der Waals surface area contributed by atoms with Gasteiger partial charge in [-0.1, -0.05) is 0 Å². The van der Waals surface area contributed by atoms with Crippen molar-refractivity contribution in [3.63, 3.8) is 0 Å². The summed E-state index contributed by atoms with van der Waals surface area (Å²) in [7, 11) is 0. The minimum Gasteiger partial charge on any atom is -0.357 e. The van der Waals surface area contributed by atoms with Crippen LogP contribution in [0, 0.1) is 0 Å². The first-order valence-corrected chi connectivity index (χ1v) is 3.39. The number of hydrogen-bond acceptors (Lipinski definition) is 1. The molecule has 0 spiro atoms. The molecule has 0 fully saturated rings. The van der Waals surface area contributed by atoms with E-state index in [-0.39, 0.29) is 0 Å². The van der Waals surface area contributed by atoms with Crippen LogP contribution in [0.4, 0.5) is 0 Å². The summed E-state index contributed by atoms with van der Waals surface area (Å²) in [5, 5.41) is 0. The maximum Gasteiger partial charge on any atom is 0.0917 e. The Morgan fingerprint density at radius 3 is 3.40 bits per heavy atom. The third kappa shape index (κ3) is 0.386. The summed E-state index contributed by atoms with van der Waals surface area (Å²) < 4.78 is 0. The molecular formula is C8H6N2. The first kappa shape index (κ1) is 4.50. The van der Waals surface area contributed by atoms with Crippen LogP contribution in [-0.4, -0.2) is 9.97 Å². The highest BCUT2D eigenvalue weighted by Gasteiger charge is 2.23. The molecule has 0 aromatic carbocycles. The molecule has 0 aliphatic heterocycles. The van der Waals surface area contributed by atoms with E-state index in [1.54, 1.807) is 0 Å². The highest BCUT2D eigenvalue weighted by molar-refractivity contribution is 5.85. The molecule has 0 bridgehead atoms. The molecule has 0 radical (unpaired) electrons. The first-order valence-electron chi connectivity index (χ1n) is 3.39. The van der Waals surface area contributed by atoms with E-state index < -0.39 is 0 Å². The van der Waals surface area contributed by atoms with Gasteiger partial charge in [0.25, 0.3) is 0 Å². The van der Waals surface area contributed by atoms with Crippen LogP contribution in [0.3, 0.4) is 0 Å². The van der Waals surface area contributed by atoms with Gasteiger partial charge < -0.3 is 4.98 Å². The monoisotopic (exact) mass is 130 g/mol. The van der Waals surface area contributed by atoms with Crippen molar-refractivity contribution in [1.29, 1.82) is 0 Å². The lowest BCUT2D eigenvalue weighted by molar-refractivity contribution is 1.32. The fourth-order valence-corrected chi connectivity index (χ4v) is 1.39. The van der Waals surface area contributed by atoms with E-state index >= 15 is 0 Å². The van der Waals surface area contributed by atoms with Crippen molar-refractivity contribution in [1.82, 2.24) is 9.97 Å². The van der Waals surface area contributed by atoms with Crippen molar-refractivity contribution >= 4 is 11.0 Å². The molecular weight excluding hydrogens is 124 g/mol. The lowest BCUT2D eigenvalue weighted by Gasteiger charge is -1.87. The van der Waals surface area contributed by atoms with Gasteiger partial charge in [-0.2, -0.15) is 0 Å². The lowest BCUT2D eigenvalue weighted by Crippen LogP contribution is -1.74. The van der Waals surface area contributed by atoms with Crippen LogP contribution in [0.25, 0.3) is 11.0 Å². The molecule has 2 heteroatoms. The third-order valence-electron chi connectivity index (χ3n) is 1.97. The lowest BCUT2D eigenvalue weighted by atomic mass is 10.3. The standard InChI is InChI=1S/C8H6N2/c1-2-6-8(9-3-1)5-4-7(5)10-6/h1-3,10H,4H2. The van der Waals surface area contributed by atoms with Crippen LogP contribution in [0.5, 0.6) is 0 Å². The van der Waals surface area contributed by atoms with E-state index in [1.807, 2.05) is 12.3 Å². The zero-order valence-corrected chi connectivity index (χ0v) is 5.39. The molecule has 0 unspecified atom stereocenters. The van der Waals surface area contributed by atoms with E-state index in [2.05, 4.69) is 16.0 Å². The average molecular weight is 130 g/mol. The molecule has 2 heterocycles. The van der Waals surface area contributed by atoms with Gasteiger partial charge in [-0.3, -0.25) is 4.98 Å². The van der Waals surface area contributed by atoms with Crippen LogP contribution >= 0.6 is 0 Å².